The Morgan fingerprint density at radius 1 is 1.32 bits per heavy atom. The molecule has 0 aliphatic carbocycles. The van der Waals surface area contributed by atoms with E-state index in [9.17, 15) is 9.59 Å². The number of methoxy groups -OCH3 is 1. The van der Waals surface area contributed by atoms with E-state index in [1.165, 1.54) is 0 Å². The van der Waals surface area contributed by atoms with Gasteiger partial charge in [-0.1, -0.05) is 12.1 Å². The van der Waals surface area contributed by atoms with Crippen LogP contribution >= 0.6 is 0 Å². The number of rotatable bonds is 5. The molecule has 1 N–H and O–H groups in total. The number of hydrogen-bond donors (Lipinski definition) is 1. The van der Waals surface area contributed by atoms with Gasteiger partial charge in [-0.15, -0.1) is 0 Å². The van der Waals surface area contributed by atoms with Crippen LogP contribution in [0.4, 0.5) is 0 Å². The monoisotopic (exact) mass is 346 g/mol. The second-order valence-electron chi connectivity index (χ2n) is 6.75. The van der Waals surface area contributed by atoms with Crippen LogP contribution in [0.3, 0.4) is 0 Å². The van der Waals surface area contributed by atoms with Crippen LogP contribution in [0, 0.1) is 5.92 Å². The number of nitrogens with zero attached hydrogens (tertiary/aromatic N) is 1. The van der Waals surface area contributed by atoms with Gasteiger partial charge in [-0.05, 0) is 37.0 Å². The van der Waals surface area contributed by atoms with Gasteiger partial charge in [0.1, 0.15) is 5.75 Å². The molecule has 0 unspecified atom stereocenters. The zero-order valence-corrected chi connectivity index (χ0v) is 14.9. The fourth-order valence-electron chi connectivity index (χ4n) is 3.72. The molecule has 0 aromatic heterocycles. The maximum absolute atomic E-state index is 12.8. The van der Waals surface area contributed by atoms with E-state index in [0.29, 0.717) is 19.4 Å². The normalized spacial score (nSPS) is 26.6. The van der Waals surface area contributed by atoms with E-state index in [-0.39, 0.29) is 29.9 Å². The number of benzene rings is 1. The first-order valence-corrected chi connectivity index (χ1v) is 8.89. The highest BCUT2D eigenvalue weighted by Gasteiger charge is 2.39. The number of amides is 2. The van der Waals surface area contributed by atoms with Crippen molar-refractivity contribution < 1.29 is 19.1 Å². The van der Waals surface area contributed by atoms with Crippen molar-refractivity contribution in [3.63, 3.8) is 0 Å². The third-order valence-electron chi connectivity index (χ3n) is 5.18. The quantitative estimate of drug-likeness (QED) is 0.884. The van der Waals surface area contributed by atoms with E-state index < -0.39 is 0 Å². The summed E-state index contributed by atoms with van der Waals surface area (Å²) >= 11 is 0. The van der Waals surface area contributed by atoms with Gasteiger partial charge in [0.2, 0.25) is 11.8 Å². The van der Waals surface area contributed by atoms with Crippen LogP contribution in [0.25, 0.3) is 0 Å². The summed E-state index contributed by atoms with van der Waals surface area (Å²) < 4.78 is 10.8. The highest BCUT2D eigenvalue weighted by molar-refractivity contribution is 5.84. The molecule has 0 saturated carbocycles. The second-order valence-corrected chi connectivity index (χ2v) is 6.75. The molecule has 2 aliphatic rings. The summed E-state index contributed by atoms with van der Waals surface area (Å²) in [5.41, 5.74) is 0.952. The Kier molecular flexibility index (Phi) is 5.58. The van der Waals surface area contributed by atoms with Gasteiger partial charge >= 0.3 is 0 Å². The minimum Gasteiger partial charge on any atom is -0.497 e. The van der Waals surface area contributed by atoms with Gasteiger partial charge in [-0.25, -0.2) is 0 Å². The summed E-state index contributed by atoms with van der Waals surface area (Å²) in [5.74, 6) is 0.574. The third-order valence-corrected chi connectivity index (χ3v) is 5.18. The molecule has 2 aliphatic heterocycles. The van der Waals surface area contributed by atoms with E-state index in [1.54, 1.807) is 19.1 Å². The first-order valence-electron chi connectivity index (χ1n) is 8.89. The number of carbonyl (C=O) groups is 2. The molecule has 1 aromatic rings. The van der Waals surface area contributed by atoms with Crippen molar-refractivity contribution in [3.05, 3.63) is 29.8 Å². The standard InChI is InChI=1S/C19H26N2O4/c1-21-17(22)10-9-16(19(23)20-12-15-4-3-11-25-15)18(21)13-5-7-14(24-2)8-6-13/h5-8,15-16,18H,3-4,9-12H2,1-2H3,(H,20,23)/t15-,16-,18+/m0/s1. The molecular weight excluding hydrogens is 320 g/mol. The van der Waals surface area contributed by atoms with E-state index in [0.717, 1.165) is 30.8 Å². The van der Waals surface area contributed by atoms with E-state index in [4.69, 9.17) is 9.47 Å². The minimum atomic E-state index is -0.253. The Morgan fingerprint density at radius 2 is 2.08 bits per heavy atom. The van der Waals surface area contributed by atoms with E-state index in [1.807, 2.05) is 24.3 Å². The molecule has 0 spiro atoms. The average Bonchev–Trinajstić information content (AvgIpc) is 3.15. The summed E-state index contributed by atoms with van der Waals surface area (Å²) in [4.78, 5) is 26.7. The third kappa shape index (κ3) is 3.95. The van der Waals surface area contributed by atoms with Crippen molar-refractivity contribution in [1.29, 1.82) is 0 Å². The summed E-state index contributed by atoms with van der Waals surface area (Å²) in [6, 6.07) is 7.34. The molecule has 6 heteroatoms. The fourth-order valence-corrected chi connectivity index (χ4v) is 3.72. The zero-order chi connectivity index (χ0) is 17.8. The molecule has 2 saturated heterocycles. The largest absolute Gasteiger partial charge is 0.497 e. The van der Waals surface area contributed by atoms with Crippen LogP contribution in [0.15, 0.2) is 24.3 Å². The Labute approximate surface area is 148 Å². The van der Waals surface area contributed by atoms with E-state index in [2.05, 4.69) is 5.32 Å². The topological polar surface area (TPSA) is 67.9 Å². The SMILES string of the molecule is COc1ccc([C@@H]2[C@@H](C(=O)NC[C@@H]3CCCO3)CCC(=O)N2C)cc1. The van der Waals surface area contributed by atoms with Gasteiger partial charge in [0.15, 0.2) is 0 Å². The lowest BCUT2D eigenvalue weighted by Gasteiger charge is -2.38. The summed E-state index contributed by atoms with van der Waals surface area (Å²) in [5, 5.41) is 3.03. The van der Waals surface area contributed by atoms with Crippen LogP contribution in [-0.4, -0.2) is 50.1 Å². The molecule has 0 bridgehead atoms. The van der Waals surface area contributed by atoms with Gasteiger partial charge in [0, 0.05) is 26.6 Å². The molecule has 2 amide bonds. The van der Waals surface area contributed by atoms with Crippen molar-refractivity contribution in [2.75, 3.05) is 27.3 Å². The zero-order valence-electron chi connectivity index (χ0n) is 14.9. The molecule has 3 atom stereocenters. The van der Waals surface area contributed by atoms with Gasteiger partial charge in [-0.3, -0.25) is 9.59 Å². The van der Waals surface area contributed by atoms with Gasteiger partial charge < -0.3 is 19.7 Å². The average molecular weight is 346 g/mol. The number of ether oxygens (including phenoxy) is 2. The number of piperidine rings is 1. The summed E-state index contributed by atoms with van der Waals surface area (Å²) in [6.45, 7) is 1.32. The molecule has 136 valence electrons. The molecule has 25 heavy (non-hydrogen) atoms. The van der Waals surface area contributed by atoms with Gasteiger partial charge in [-0.2, -0.15) is 0 Å². The molecule has 2 heterocycles. The predicted octanol–water partition coefficient (Wildman–Crippen LogP) is 1.90. The number of nitrogens with one attached hydrogen (secondary N) is 1. The van der Waals surface area contributed by atoms with Crippen molar-refractivity contribution >= 4 is 11.8 Å². The van der Waals surface area contributed by atoms with Crippen molar-refractivity contribution in [2.45, 2.75) is 37.8 Å². The highest BCUT2D eigenvalue weighted by atomic mass is 16.5. The number of carbonyl (C=O) groups excluding carboxylic acids is 2. The first-order chi connectivity index (χ1) is 12.1. The van der Waals surface area contributed by atoms with Crippen LogP contribution < -0.4 is 10.1 Å². The van der Waals surface area contributed by atoms with Crippen LogP contribution in [0.5, 0.6) is 5.75 Å². The smallest absolute Gasteiger partial charge is 0.225 e. The summed E-state index contributed by atoms with van der Waals surface area (Å²) in [7, 11) is 3.39. The molecular formula is C19H26N2O4. The van der Waals surface area contributed by atoms with Crippen LogP contribution in [0.1, 0.15) is 37.3 Å². The lowest BCUT2D eigenvalue weighted by atomic mass is 9.84. The predicted molar refractivity (Wildman–Crippen MR) is 93.2 cm³/mol. The number of likely N-dealkylation sites (tertiary alicyclic amines) is 1. The Morgan fingerprint density at radius 3 is 2.72 bits per heavy atom. The minimum absolute atomic E-state index is 0.00401. The maximum atomic E-state index is 12.8. The first kappa shape index (κ1) is 17.7. The summed E-state index contributed by atoms with van der Waals surface area (Å²) in [6.07, 6.45) is 3.13. The molecule has 1 aromatic carbocycles. The Balaban J connectivity index is 1.74. The van der Waals surface area contributed by atoms with Crippen LogP contribution in [0.2, 0.25) is 0 Å². The lowest BCUT2D eigenvalue weighted by Crippen LogP contribution is -2.47. The van der Waals surface area contributed by atoms with Gasteiger partial charge in [0.05, 0.1) is 25.2 Å². The van der Waals surface area contributed by atoms with Gasteiger partial charge in [0.25, 0.3) is 0 Å². The van der Waals surface area contributed by atoms with Crippen molar-refractivity contribution in [2.24, 2.45) is 5.92 Å². The molecule has 6 nitrogen and oxygen atoms in total. The number of hydrogen-bond acceptors (Lipinski definition) is 4. The van der Waals surface area contributed by atoms with Crippen LogP contribution in [-0.2, 0) is 14.3 Å². The highest BCUT2D eigenvalue weighted by Crippen LogP contribution is 2.36. The second kappa shape index (κ2) is 7.87. The lowest BCUT2D eigenvalue weighted by molar-refractivity contribution is -0.141. The molecule has 2 fully saturated rings. The van der Waals surface area contributed by atoms with E-state index >= 15 is 0 Å². The molecule has 0 radical (unpaired) electrons. The molecule has 3 rings (SSSR count). The van der Waals surface area contributed by atoms with Crippen molar-refractivity contribution in [3.8, 4) is 5.75 Å². The maximum Gasteiger partial charge on any atom is 0.225 e. The Bertz CT molecular complexity index is 610. The fraction of sp³-hybridized carbons (Fsp3) is 0.579. The van der Waals surface area contributed by atoms with Crippen molar-refractivity contribution in [1.82, 2.24) is 10.2 Å². The Hall–Kier alpha value is -2.08.